The third kappa shape index (κ3) is 2.85. The van der Waals surface area contributed by atoms with Crippen LogP contribution in [0.4, 0.5) is 11.4 Å². The fraction of sp³-hybridized carbons (Fsp3) is 0.143. The van der Waals surface area contributed by atoms with Gasteiger partial charge in [0.15, 0.2) is 0 Å². The first-order valence-electron chi connectivity index (χ1n) is 5.96. The van der Waals surface area contributed by atoms with Crippen molar-refractivity contribution in [3.05, 3.63) is 48.0 Å². The molecule has 0 saturated heterocycles. The van der Waals surface area contributed by atoms with E-state index in [1.54, 1.807) is 18.2 Å². The van der Waals surface area contributed by atoms with Crippen molar-refractivity contribution in [1.29, 1.82) is 0 Å². The quantitative estimate of drug-likeness (QED) is 0.848. The lowest BCUT2D eigenvalue weighted by atomic mass is 10.2. The summed E-state index contributed by atoms with van der Waals surface area (Å²) in [6.07, 6.45) is 0. The second-order valence-electron chi connectivity index (χ2n) is 4.32. The fourth-order valence-corrected chi connectivity index (χ4v) is 3.03. The summed E-state index contributed by atoms with van der Waals surface area (Å²) in [7, 11) is -2.23. The minimum Gasteiger partial charge on any atom is -0.497 e. The number of aryl methyl sites for hydroxylation is 1. The molecule has 0 aliphatic carbocycles. The summed E-state index contributed by atoms with van der Waals surface area (Å²) >= 11 is 0. The molecule has 0 aromatic heterocycles. The zero-order chi connectivity index (χ0) is 14.8. The molecule has 2 aromatic carbocycles. The van der Waals surface area contributed by atoms with Crippen LogP contribution in [0.25, 0.3) is 0 Å². The van der Waals surface area contributed by atoms with Crippen molar-refractivity contribution in [2.24, 2.45) is 0 Å². The third-order valence-electron chi connectivity index (χ3n) is 2.90. The normalized spacial score (nSPS) is 11.1. The van der Waals surface area contributed by atoms with Crippen molar-refractivity contribution >= 4 is 21.4 Å². The Morgan fingerprint density at radius 1 is 1.15 bits per heavy atom. The van der Waals surface area contributed by atoms with Crippen molar-refractivity contribution in [3.63, 3.8) is 0 Å². The monoisotopic (exact) mass is 292 g/mol. The van der Waals surface area contributed by atoms with Crippen molar-refractivity contribution in [1.82, 2.24) is 0 Å². The lowest BCUT2D eigenvalue weighted by molar-refractivity contribution is 0.414. The second-order valence-corrected chi connectivity index (χ2v) is 5.98. The van der Waals surface area contributed by atoms with Gasteiger partial charge in [0.25, 0.3) is 10.0 Å². The highest BCUT2D eigenvalue weighted by Crippen LogP contribution is 2.26. The lowest BCUT2D eigenvalue weighted by Gasteiger charge is -2.12. The summed E-state index contributed by atoms with van der Waals surface area (Å²) in [5.74, 6) is 0.511. The van der Waals surface area contributed by atoms with Crippen molar-refractivity contribution in [2.75, 3.05) is 17.6 Å². The van der Waals surface area contributed by atoms with Crippen LogP contribution in [0.15, 0.2) is 47.4 Å². The number of anilines is 2. The molecule has 0 heterocycles. The van der Waals surface area contributed by atoms with Gasteiger partial charge < -0.3 is 10.5 Å². The molecule has 0 bridgehead atoms. The van der Waals surface area contributed by atoms with Crippen LogP contribution in [-0.2, 0) is 10.0 Å². The van der Waals surface area contributed by atoms with E-state index in [4.69, 9.17) is 10.5 Å². The topological polar surface area (TPSA) is 81.4 Å². The highest BCUT2D eigenvalue weighted by Gasteiger charge is 2.18. The minimum absolute atomic E-state index is 0.0292. The van der Waals surface area contributed by atoms with E-state index in [0.717, 1.165) is 5.56 Å². The standard InChI is InChI=1S/C14H16N2O3S/c1-10-5-3-4-6-13(10)16-20(17,18)14-8-7-11(19-2)9-12(14)15/h3-9,16H,15H2,1-2H3. The molecule has 2 aromatic rings. The zero-order valence-corrected chi connectivity index (χ0v) is 12.1. The van der Waals surface area contributed by atoms with Gasteiger partial charge in [-0.25, -0.2) is 8.42 Å². The summed E-state index contributed by atoms with van der Waals surface area (Å²) in [5, 5.41) is 0. The van der Waals surface area contributed by atoms with E-state index in [9.17, 15) is 8.42 Å². The predicted molar refractivity (Wildman–Crippen MR) is 79.4 cm³/mol. The van der Waals surface area contributed by atoms with Gasteiger partial charge in [-0.3, -0.25) is 4.72 Å². The Balaban J connectivity index is 2.39. The van der Waals surface area contributed by atoms with Gasteiger partial charge in [0, 0.05) is 6.07 Å². The van der Waals surface area contributed by atoms with Crippen LogP contribution < -0.4 is 15.2 Å². The molecule has 3 N–H and O–H groups in total. The summed E-state index contributed by atoms with van der Waals surface area (Å²) in [6.45, 7) is 1.83. The summed E-state index contributed by atoms with van der Waals surface area (Å²) < 4.78 is 32.2. The molecule has 6 heteroatoms. The molecule has 0 fully saturated rings. The summed E-state index contributed by atoms with van der Waals surface area (Å²) in [6, 6.07) is 11.6. The maximum absolute atomic E-state index is 12.3. The molecule has 0 saturated carbocycles. The largest absolute Gasteiger partial charge is 0.497 e. The van der Waals surface area contributed by atoms with Gasteiger partial charge in [0.2, 0.25) is 0 Å². The number of nitrogen functional groups attached to an aromatic ring is 1. The summed E-state index contributed by atoms with van der Waals surface area (Å²) in [4.78, 5) is 0.0292. The van der Waals surface area contributed by atoms with E-state index in [-0.39, 0.29) is 10.6 Å². The molecule has 0 radical (unpaired) electrons. The van der Waals surface area contributed by atoms with E-state index in [1.165, 1.54) is 19.2 Å². The summed E-state index contributed by atoms with van der Waals surface area (Å²) in [5.41, 5.74) is 7.29. The highest BCUT2D eigenvalue weighted by atomic mass is 32.2. The zero-order valence-electron chi connectivity index (χ0n) is 11.3. The number of rotatable bonds is 4. The first-order valence-corrected chi connectivity index (χ1v) is 7.44. The molecule has 0 atom stereocenters. The first kappa shape index (κ1) is 14.2. The van der Waals surface area contributed by atoms with Crippen LogP contribution >= 0.6 is 0 Å². The average Bonchev–Trinajstić information content (AvgIpc) is 2.40. The molecule has 0 aliphatic heterocycles. The number of benzene rings is 2. The highest BCUT2D eigenvalue weighted by molar-refractivity contribution is 7.92. The van der Waals surface area contributed by atoms with E-state index >= 15 is 0 Å². The SMILES string of the molecule is COc1ccc(S(=O)(=O)Nc2ccccc2C)c(N)c1. The lowest BCUT2D eigenvalue weighted by Crippen LogP contribution is -2.15. The number of para-hydroxylation sites is 1. The number of hydrogen-bond acceptors (Lipinski definition) is 4. The van der Waals surface area contributed by atoms with Gasteiger partial charge in [-0.05, 0) is 30.7 Å². The molecule has 0 amide bonds. The molecule has 0 spiro atoms. The van der Waals surface area contributed by atoms with Crippen LogP contribution in [0.2, 0.25) is 0 Å². The van der Waals surface area contributed by atoms with E-state index in [0.29, 0.717) is 11.4 Å². The molecule has 20 heavy (non-hydrogen) atoms. The molecule has 0 aliphatic rings. The Labute approximate surface area is 118 Å². The Kier molecular flexibility index (Phi) is 3.85. The number of hydrogen-bond donors (Lipinski definition) is 2. The molecule has 106 valence electrons. The van der Waals surface area contributed by atoms with Crippen LogP contribution in [0.1, 0.15) is 5.56 Å². The van der Waals surface area contributed by atoms with Gasteiger partial charge >= 0.3 is 0 Å². The van der Waals surface area contributed by atoms with Crippen LogP contribution in [0.5, 0.6) is 5.75 Å². The Hall–Kier alpha value is -2.21. The second kappa shape index (κ2) is 5.42. The maximum Gasteiger partial charge on any atom is 0.263 e. The van der Waals surface area contributed by atoms with Crippen LogP contribution in [0.3, 0.4) is 0 Å². The first-order chi connectivity index (χ1) is 9.44. The third-order valence-corrected chi connectivity index (χ3v) is 4.34. The number of ether oxygens (including phenoxy) is 1. The van der Waals surface area contributed by atoms with E-state index in [1.807, 2.05) is 19.1 Å². The molecule has 0 unspecified atom stereocenters. The fourth-order valence-electron chi connectivity index (χ4n) is 1.79. The Bertz CT molecular complexity index is 727. The minimum atomic E-state index is -3.72. The molecular weight excluding hydrogens is 276 g/mol. The maximum atomic E-state index is 12.3. The van der Waals surface area contributed by atoms with Gasteiger partial charge in [0.1, 0.15) is 10.6 Å². The molecule has 5 nitrogen and oxygen atoms in total. The Morgan fingerprint density at radius 3 is 2.45 bits per heavy atom. The Morgan fingerprint density at radius 2 is 1.85 bits per heavy atom. The van der Waals surface area contributed by atoms with Gasteiger partial charge in [0.05, 0.1) is 18.5 Å². The average molecular weight is 292 g/mol. The van der Waals surface area contributed by atoms with E-state index in [2.05, 4.69) is 4.72 Å². The van der Waals surface area contributed by atoms with Crippen molar-refractivity contribution < 1.29 is 13.2 Å². The number of nitrogens with two attached hydrogens (primary N) is 1. The smallest absolute Gasteiger partial charge is 0.263 e. The van der Waals surface area contributed by atoms with Gasteiger partial charge in [-0.2, -0.15) is 0 Å². The van der Waals surface area contributed by atoms with Gasteiger partial charge in [-0.15, -0.1) is 0 Å². The van der Waals surface area contributed by atoms with Crippen LogP contribution in [-0.4, -0.2) is 15.5 Å². The molecule has 2 rings (SSSR count). The van der Waals surface area contributed by atoms with Crippen LogP contribution in [0, 0.1) is 6.92 Å². The predicted octanol–water partition coefficient (Wildman–Crippen LogP) is 2.39. The van der Waals surface area contributed by atoms with Crippen molar-refractivity contribution in [3.8, 4) is 5.75 Å². The van der Waals surface area contributed by atoms with E-state index < -0.39 is 10.0 Å². The number of methoxy groups -OCH3 is 1. The molecular formula is C14H16N2O3S. The van der Waals surface area contributed by atoms with Crippen molar-refractivity contribution in [2.45, 2.75) is 11.8 Å². The number of sulfonamides is 1. The number of nitrogens with one attached hydrogen (secondary N) is 1. The van der Waals surface area contributed by atoms with Gasteiger partial charge in [-0.1, -0.05) is 18.2 Å².